The number of hydrogen-bond acceptors (Lipinski definition) is 5. The van der Waals surface area contributed by atoms with E-state index in [4.69, 9.17) is 4.74 Å². The fourth-order valence-corrected chi connectivity index (χ4v) is 1.50. The van der Waals surface area contributed by atoms with E-state index >= 15 is 0 Å². The lowest BCUT2D eigenvalue weighted by molar-refractivity contribution is 0.394. The lowest BCUT2D eigenvalue weighted by Crippen LogP contribution is -1.99. The number of nitrogens with one attached hydrogen (secondary N) is 2. The van der Waals surface area contributed by atoms with Crippen molar-refractivity contribution in [2.45, 2.75) is 6.92 Å². The van der Waals surface area contributed by atoms with Crippen LogP contribution in [-0.2, 0) is 0 Å². The van der Waals surface area contributed by atoms with Crippen LogP contribution >= 0.6 is 15.9 Å². The monoisotopic (exact) mass is 283 g/mol. The number of hydrogen-bond donors (Lipinski definition) is 2. The number of H-pyrrole nitrogens is 1. The van der Waals surface area contributed by atoms with Crippen LogP contribution in [0.3, 0.4) is 0 Å². The summed E-state index contributed by atoms with van der Waals surface area (Å²) < 4.78 is 5.79. The predicted octanol–water partition coefficient (Wildman–Crippen LogP) is 2.02. The standard InChI is InChI=1S/C9H10BrN5O/c1-5-7(4-12-15-5)13-9-11-3-6(10)8(14-9)16-2/h3-4H,1-2H3,(H,12,15)(H,11,13,14). The molecule has 6 nitrogen and oxygen atoms in total. The first-order chi connectivity index (χ1) is 7.70. The van der Waals surface area contributed by atoms with Crippen molar-refractivity contribution in [3.05, 3.63) is 22.6 Å². The number of aryl methyl sites for hydroxylation is 1. The van der Waals surface area contributed by atoms with E-state index in [1.807, 2.05) is 6.92 Å². The Labute approximate surface area is 101 Å². The summed E-state index contributed by atoms with van der Waals surface area (Å²) >= 11 is 3.29. The number of ether oxygens (including phenoxy) is 1. The number of methoxy groups -OCH3 is 1. The molecule has 0 bridgehead atoms. The van der Waals surface area contributed by atoms with Crippen molar-refractivity contribution in [3.8, 4) is 5.88 Å². The van der Waals surface area contributed by atoms with Crippen molar-refractivity contribution in [2.24, 2.45) is 0 Å². The van der Waals surface area contributed by atoms with Crippen molar-refractivity contribution < 1.29 is 4.74 Å². The second kappa shape index (κ2) is 4.48. The van der Waals surface area contributed by atoms with Gasteiger partial charge >= 0.3 is 0 Å². The Bertz CT molecular complexity index is 498. The van der Waals surface area contributed by atoms with Gasteiger partial charge in [-0.15, -0.1) is 0 Å². The van der Waals surface area contributed by atoms with E-state index < -0.39 is 0 Å². The zero-order chi connectivity index (χ0) is 11.5. The molecule has 2 heterocycles. The van der Waals surface area contributed by atoms with E-state index in [0.717, 1.165) is 11.4 Å². The van der Waals surface area contributed by atoms with Crippen LogP contribution in [0.1, 0.15) is 5.69 Å². The first-order valence-electron chi connectivity index (χ1n) is 4.54. The SMILES string of the molecule is COc1nc(Nc2cn[nH]c2C)ncc1Br. The molecule has 7 heteroatoms. The molecule has 0 radical (unpaired) electrons. The molecule has 0 saturated heterocycles. The van der Waals surface area contributed by atoms with Crippen molar-refractivity contribution >= 4 is 27.6 Å². The highest BCUT2D eigenvalue weighted by molar-refractivity contribution is 9.10. The summed E-state index contributed by atoms with van der Waals surface area (Å²) in [4.78, 5) is 8.29. The maximum absolute atomic E-state index is 5.07. The first-order valence-corrected chi connectivity index (χ1v) is 5.33. The molecule has 2 rings (SSSR count). The number of rotatable bonds is 3. The fraction of sp³-hybridized carbons (Fsp3) is 0.222. The largest absolute Gasteiger partial charge is 0.480 e. The average Bonchev–Trinajstić information content (AvgIpc) is 2.67. The van der Waals surface area contributed by atoms with Gasteiger partial charge in [-0.1, -0.05) is 0 Å². The van der Waals surface area contributed by atoms with Crippen LogP contribution in [0.4, 0.5) is 11.6 Å². The normalized spacial score (nSPS) is 10.2. The van der Waals surface area contributed by atoms with Gasteiger partial charge in [-0.2, -0.15) is 10.1 Å². The third-order valence-electron chi connectivity index (χ3n) is 1.98. The van der Waals surface area contributed by atoms with Gasteiger partial charge < -0.3 is 10.1 Å². The molecule has 0 saturated carbocycles. The van der Waals surface area contributed by atoms with E-state index in [1.165, 1.54) is 0 Å². The number of anilines is 2. The average molecular weight is 284 g/mol. The molecule has 2 N–H and O–H groups in total. The third kappa shape index (κ3) is 2.13. The van der Waals surface area contributed by atoms with Crippen molar-refractivity contribution in [1.29, 1.82) is 0 Å². The van der Waals surface area contributed by atoms with Gasteiger partial charge in [-0.25, -0.2) is 4.98 Å². The number of aromatic nitrogens is 4. The van der Waals surface area contributed by atoms with E-state index in [1.54, 1.807) is 19.5 Å². The molecule has 0 unspecified atom stereocenters. The Morgan fingerprint density at radius 1 is 1.44 bits per heavy atom. The minimum atomic E-state index is 0.463. The summed E-state index contributed by atoms with van der Waals surface area (Å²) in [5, 5.41) is 9.75. The molecule has 0 aliphatic carbocycles. The van der Waals surface area contributed by atoms with E-state index in [-0.39, 0.29) is 0 Å². The summed E-state index contributed by atoms with van der Waals surface area (Å²) in [6, 6.07) is 0. The molecular formula is C9H10BrN5O. The zero-order valence-electron chi connectivity index (χ0n) is 8.78. The van der Waals surface area contributed by atoms with Crippen LogP contribution in [0.15, 0.2) is 16.9 Å². The molecule has 0 aromatic carbocycles. The van der Waals surface area contributed by atoms with Gasteiger partial charge in [0.25, 0.3) is 0 Å². The van der Waals surface area contributed by atoms with Gasteiger partial charge in [0.2, 0.25) is 11.8 Å². The van der Waals surface area contributed by atoms with Crippen LogP contribution < -0.4 is 10.1 Å². The minimum Gasteiger partial charge on any atom is -0.480 e. The molecular weight excluding hydrogens is 274 g/mol. The van der Waals surface area contributed by atoms with Crippen LogP contribution in [0.25, 0.3) is 0 Å². The summed E-state index contributed by atoms with van der Waals surface area (Å²) in [5.74, 6) is 0.947. The highest BCUT2D eigenvalue weighted by Crippen LogP contribution is 2.23. The summed E-state index contributed by atoms with van der Waals surface area (Å²) in [6.07, 6.45) is 3.30. The first kappa shape index (κ1) is 10.9. The smallest absolute Gasteiger partial charge is 0.232 e. The summed E-state index contributed by atoms with van der Waals surface area (Å²) in [7, 11) is 1.56. The Morgan fingerprint density at radius 2 is 2.25 bits per heavy atom. The predicted molar refractivity (Wildman–Crippen MR) is 62.9 cm³/mol. The lowest BCUT2D eigenvalue weighted by Gasteiger charge is -2.05. The Balaban J connectivity index is 2.25. The Kier molecular flexibility index (Phi) is 3.04. The second-order valence-electron chi connectivity index (χ2n) is 3.08. The maximum Gasteiger partial charge on any atom is 0.232 e. The van der Waals surface area contributed by atoms with Crippen molar-refractivity contribution in [2.75, 3.05) is 12.4 Å². The van der Waals surface area contributed by atoms with Gasteiger partial charge in [0.05, 0.1) is 35.4 Å². The number of aromatic amines is 1. The zero-order valence-corrected chi connectivity index (χ0v) is 10.4. The number of nitrogens with zero attached hydrogens (tertiary/aromatic N) is 3. The van der Waals surface area contributed by atoms with Crippen LogP contribution in [0.5, 0.6) is 5.88 Å². The molecule has 0 aliphatic rings. The van der Waals surface area contributed by atoms with E-state index in [9.17, 15) is 0 Å². The number of halogens is 1. The van der Waals surface area contributed by atoms with Crippen LogP contribution in [0, 0.1) is 6.92 Å². The van der Waals surface area contributed by atoms with Gasteiger partial charge in [0.15, 0.2) is 0 Å². The van der Waals surface area contributed by atoms with Crippen molar-refractivity contribution in [1.82, 2.24) is 20.2 Å². The van der Waals surface area contributed by atoms with Gasteiger partial charge in [0, 0.05) is 0 Å². The highest BCUT2D eigenvalue weighted by atomic mass is 79.9. The quantitative estimate of drug-likeness (QED) is 0.901. The van der Waals surface area contributed by atoms with Crippen molar-refractivity contribution in [3.63, 3.8) is 0 Å². The molecule has 84 valence electrons. The van der Waals surface area contributed by atoms with E-state index in [0.29, 0.717) is 16.3 Å². The van der Waals surface area contributed by atoms with Gasteiger partial charge in [0.1, 0.15) is 0 Å². The molecule has 16 heavy (non-hydrogen) atoms. The lowest BCUT2D eigenvalue weighted by atomic mass is 10.4. The molecule has 0 aliphatic heterocycles. The highest BCUT2D eigenvalue weighted by Gasteiger charge is 2.07. The molecule has 0 atom stereocenters. The van der Waals surface area contributed by atoms with Gasteiger partial charge in [-0.05, 0) is 22.9 Å². The maximum atomic E-state index is 5.07. The third-order valence-corrected chi connectivity index (χ3v) is 2.53. The van der Waals surface area contributed by atoms with Gasteiger partial charge in [-0.3, -0.25) is 5.10 Å². The molecule has 0 fully saturated rings. The molecule has 0 spiro atoms. The fourth-order valence-electron chi connectivity index (χ4n) is 1.15. The second-order valence-corrected chi connectivity index (χ2v) is 3.94. The molecule has 2 aromatic heterocycles. The summed E-state index contributed by atoms with van der Waals surface area (Å²) in [5.41, 5.74) is 1.76. The topological polar surface area (TPSA) is 75.7 Å². The minimum absolute atomic E-state index is 0.463. The Morgan fingerprint density at radius 3 is 2.88 bits per heavy atom. The molecule has 2 aromatic rings. The Hall–Kier alpha value is -1.63. The van der Waals surface area contributed by atoms with Crippen LogP contribution in [-0.4, -0.2) is 27.3 Å². The van der Waals surface area contributed by atoms with Crippen LogP contribution in [0.2, 0.25) is 0 Å². The summed E-state index contributed by atoms with van der Waals surface area (Å²) in [6.45, 7) is 1.91. The van der Waals surface area contributed by atoms with E-state index in [2.05, 4.69) is 41.4 Å². The molecule has 0 amide bonds.